The van der Waals surface area contributed by atoms with Gasteiger partial charge < -0.3 is 10.2 Å². The summed E-state index contributed by atoms with van der Waals surface area (Å²) in [7, 11) is -1.78. The molecule has 0 aliphatic carbocycles. The fourth-order valence-electron chi connectivity index (χ4n) is 3.50. The Bertz CT molecular complexity index is 1200. The third-order valence-electron chi connectivity index (χ3n) is 5.42. The highest BCUT2D eigenvalue weighted by Gasteiger charge is 2.18. The van der Waals surface area contributed by atoms with E-state index < -0.39 is 10.0 Å². The fraction of sp³-hybridized carbons (Fsp3) is 0.409. The minimum Gasteiger partial charge on any atom is -0.383 e. The van der Waals surface area contributed by atoms with Crippen molar-refractivity contribution in [1.82, 2.24) is 9.21 Å². The van der Waals surface area contributed by atoms with E-state index in [0.717, 1.165) is 40.3 Å². The highest BCUT2D eigenvalue weighted by Crippen LogP contribution is 2.32. The molecule has 0 bridgehead atoms. The zero-order valence-corrected chi connectivity index (χ0v) is 19.6. The molecule has 162 valence electrons. The third-order valence-corrected chi connectivity index (χ3v) is 7.81. The molecule has 0 atom stereocenters. The van der Waals surface area contributed by atoms with E-state index in [0.29, 0.717) is 17.3 Å². The molecule has 8 heteroatoms. The second kappa shape index (κ2) is 9.43. The van der Waals surface area contributed by atoms with Gasteiger partial charge in [0, 0.05) is 41.5 Å². The van der Waals surface area contributed by atoms with Crippen LogP contribution >= 0.6 is 11.3 Å². The van der Waals surface area contributed by atoms with Gasteiger partial charge in [0.25, 0.3) is 0 Å². The van der Waals surface area contributed by atoms with Crippen molar-refractivity contribution in [3.63, 3.8) is 0 Å². The summed E-state index contributed by atoms with van der Waals surface area (Å²) in [6, 6.07) is 11.5. The zero-order chi connectivity index (χ0) is 21.9. The van der Waals surface area contributed by atoms with Crippen molar-refractivity contribution in [2.24, 2.45) is 0 Å². The van der Waals surface area contributed by atoms with Gasteiger partial charge in [-0.1, -0.05) is 32.0 Å². The molecule has 0 amide bonds. The first kappa shape index (κ1) is 22.7. The molecule has 3 rings (SSSR count). The fourth-order valence-corrected chi connectivity index (χ4v) is 4.96. The summed E-state index contributed by atoms with van der Waals surface area (Å²) in [4.78, 5) is 15.7. The molecule has 0 radical (unpaired) electrons. The van der Waals surface area contributed by atoms with Crippen LogP contribution in [0.3, 0.4) is 0 Å². The quantitative estimate of drug-likeness (QED) is 0.508. The second-order valence-electron chi connectivity index (χ2n) is 7.37. The van der Waals surface area contributed by atoms with Gasteiger partial charge in [-0.3, -0.25) is 4.79 Å². The Balaban J connectivity index is 2.13. The van der Waals surface area contributed by atoms with Crippen molar-refractivity contribution >= 4 is 47.2 Å². The van der Waals surface area contributed by atoms with E-state index >= 15 is 0 Å². The molecular formula is C22H29N3O3S2. The molecule has 3 aromatic rings. The van der Waals surface area contributed by atoms with Gasteiger partial charge in [0.1, 0.15) is 0 Å². The summed E-state index contributed by atoms with van der Waals surface area (Å²) < 4.78 is 27.1. The van der Waals surface area contributed by atoms with Gasteiger partial charge in [-0.2, -0.15) is 0 Å². The lowest BCUT2D eigenvalue weighted by molar-refractivity contribution is 0.316. The van der Waals surface area contributed by atoms with Gasteiger partial charge in [0.05, 0.1) is 17.3 Å². The molecule has 1 heterocycles. The summed E-state index contributed by atoms with van der Waals surface area (Å²) >= 11 is 1.58. The molecule has 0 spiro atoms. The average molecular weight is 448 g/mol. The van der Waals surface area contributed by atoms with Crippen molar-refractivity contribution in [2.75, 3.05) is 44.8 Å². The number of sulfonamides is 1. The molecule has 6 nitrogen and oxygen atoms in total. The van der Waals surface area contributed by atoms with Gasteiger partial charge >= 0.3 is 0 Å². The Morgan fingerprint density at radius 1 is 1.03 bits per heavy atom. The number of hydrogen-bond acceptors (Lipinski definition) is 6. The minimum absolute atomic E-state index is 0.0199. The molecule has 2 aromatic carbocycles. The van der Waals surface area contributed by atoms with Crippen LogP contribution in [-0.2, 0) is 16.6 Å². The number of fused-ring (bicyclic) bond motifs is 2. The third kappa shape index (κ3) is 4.83. The molecule has 0 fully saturated rings. The number of hydrogen-bond donors (Lipinski definition) is 1. The minimum atomic E-state index is -3.34. The maximum Gasteiger partial charge on any atom is 0.211 e. The molecular weight excluding hydrogens is 418 g/mol. The maximum absolute atomic E-state index is 13.4. The van der Waals surface area contributed by atoms with Crippen molar-refractivity contribution in [2.45, 2.75) is 20.4 Å². The van der Waals surface area contributed by atoms with Crippen molar-refractivity contribution < 1.29 is 8.42 Å². The molecule has 1 aromatic heterocycles. The zero-order valence-electron chi connectivity index (χ0n) is 17.9. The lowest BCUT2D eigenvalue weighted by atomic mass is 10.1. The van der Waals surface area contributed by atoms with Crippen molar-refractivity contribution in [3.05, 3.63) is 52.2 Å². The summed E-state index contributed by atoms with van der Waals surface area (Å²) in [5, 5.41) is 4.79. The first-order chi connectivity index (χ1) is 14.3. The molecule has 0 saturated carbocycles. The van der Waals surface area contributed by atoms with Crippen molar-refractivity contribution in [3.8, 4) is 0 Å². The number of nitrogens with one attached hydrogen (secondary N) is 1. The largest absolute Gasteiger partial charge is 0.383 e. The van der Waals surface area contributed by atoms with Gasteiger partial charge in [0.15, 0.2) is 5.43 Å². The standard InChI is InChI=1S/C22H29N3O3S2/c1-5-25(6-2)14-13-23-21-16(15-24(3)30(4,27)28)11-12-19-20(21)22(26)17-9-7-8-10-18(17)29-19/h7-12,23H,5-6,13-15H2,1-4H3. The summed E-state index contributed by atoms with van der Waals surface area (Å²) in [5.41, 5.74) is 1.52. The van der Waals surface area contributed by atoms with E-state index in [2.05, 4.69) is 24.1 Å². The van der Waals surface area contributed by atoms with E-state index in [-0.39, 0.29) is 12.0 Å². The smallest absolute Gasteiger partial charge is 0.211 e. The van der Waals surface area contributed by atoms with E-state index in [4.69, 9.17) is 0 Å². The van der Waals surface area contributed by atoms with Crippen LogP contribution in [-0.4, -0.2) is 57.1 Å². The first-order valence-electron chi connectivity index (χ1n) is 10.1. The molecule has 0 aliphatic rings. The van der Waals surface area contributed by atoms with E-state index in [1.54, 1.807) is 18.4 Å². The average Bonchev–Trinajstić information content (AvgIpc) is 2.71. The number of likely N-dealkylation sites (N-methyl/N-ethyl adjacent to an activating group) is 1. The number of benzene rings is 2. The highest BCUT2D eigenvalue weighted by molar-refractivity contribution is 7.88. The van der Waals surface area contributed by atoms with Crippen LogP contribution in [0.15, 0.2) is 41.2 Å². The maximum atomic E-state index is 13.4. The first-order valence-corrected chi connectivity index (χ1v) is 12.8. The summed E-state index contributed by atoms with van der Waals surface area (Å²) in [5.74, 6) is 0. The number of anilines is 1. The molecule has 0 saturated heterocycles. The van der Waals surface area contributed by atoms with Crippen LogP contribution < -0.4 is 10.7 Å². The monoisotopic (exact) mass is 447 g/mol. The Morgan fingerprint density at radius 3 is 2.40 bits per heavy atom. The SMILES string of the molecule is CCN(CC)CCNc1c(CN(C)S(C)(=O)=O)ccc2sc3ccccc3c(=O)c12. The van der Waals surface area contributed by atoms with Gasteiger partial charge in [-0.25, -0.2) is 12.7 Å². The summed E-state index contributed by atoms with van der Waals surface area (Å²) in [6.07, 6.45) is 1.19. The number of rotatable bonds is 9. The lowest BCUT2D eigenvalue weighted by Crippen LogP contribution is -2.29. The van der Waals surface area contributed by atoms with Crippen LogP contribution in [0.1, 0.15) is 19.4 Å². The van der Waals surface area contributed by atoms with Crippen molar-refractivity contribution in [1.29, 1.82) is 0 Å². The Labute approximate surface area is 182 Å². The van der Waals surface area contributed by atoms with E-state index in [1.807, 2.05) is 36.4 Å². The van der Waals surface area contributed by atoms with Crippen LogP contribution in [0.25, 0.3) is 20.2 Å². The van der Waals surface area contributed by atoms with Gasteiger partial charge in [-0.05, 0) is 36.9 Å². The van der Waals surface area contributed by atoms with Crippen LogP contribution in [0.5, 0.6) is 0 Å². The van der Waals surface area contributed by atoms with E-state index in [9.17, 15) is 13.2 Å². The number of nitrogens with zero attached hydrogens (tertiary/aromatic N) is 2. The molecule has 0 aliphatic heterocycles. The normalized spacial score (nSPS) is 12.3. The van der Waals surface area contributed by atoms with Crippen LogP contribution in [0, 0.1) is 0 Å². The second-order valence-corrected chi connectivity index (χ2v) is 10.5. The lowest BCUT2D eigenvalue weighted by Gasteiger charge is -2.22. The van der Waals surface area contributed by atoms with Crippen LogP contribution in [0.2, 0.25) is 0 Å². The Kier molecular flexibility index (Phi) is 7.13. The predicted molar refractivity (Wildman–Crippen MR) is 128 cm³/mol. The van der Waals surface area contributed by atoms with Gasteiger partial charge in [0.2, 0.25) is 10.0 Å². The molecule has 30 heavy (non-hydrogen) atoms. The topological polar surface area (TPSA) is 69.7 Å². The summed E-state index contributed by atoms with van der Waals surface area (Å²) in [6.45, 7) is 7.88. The predicted octanol–water partition coefficient (Wildman–Crippen LogP) is 3.56. The Hall–Kier alpha value is -2.00. The van der Waals surface area contributed by atoms with Crippen LogP contribution in [0.4, 0.5) is 5.69 Å². The highest BCUT2D eigenvalue weighted by atomic mass is 32.2. The Morgan fingerprint density at radius 2 is 1.73 bits per heavy atom. The molecule has 0 unspecified atom stereocenters. The van der Waals surface area contributed by atoms with E-state index in [1.165, 1.54) is 10.6 Å². The molecule has 1 N–H and O–H groups in total. The van der Waals surface area contributed by atoms with Gasteiger partial charge in [-0.15, -0.1) is 11.3 Å².